The molecule has 0 atom stereocenters. The summed E-state index contributed by atoms with van der Waals surface area (Å²) in [7, 11) is 0. The Hall–Kier alpha value is -4.62. The molecule has 1 aliphatic rings. The minimum absolute atomic E-state index is 0.0286. The SMILES string of the molecule is N=C(N=C(N)c1cccc(Nc2ccc3c(c2)NC(=O)/C3=C\c2ccc[nH]2)c1)c1cccc(Cl)c1. The fourth-order valence-electron chi connectivity index (χ4n) is 3.81. The van der Waals surface area contributed by atoms with Crippen molar-refractivity contribution in [1.29, 1.82) is 5.41 Å². The first kappa shape index (κ1) is 22.2. The highest BCUT2D eigenvalue weighted by Gasteiger charge is 2.24. The van der Waals surface area contributed by atoms with Crippen LogP contribution in [0.5, 0.6) is 0 Å². The highest BCUT2D eigenvalue weighted by atomic mass is 35.5. The van der Waals surface area contributed by atoms with E-state index in [0.717, 1.165) is 28.3 Å². The van der Waals surface area contributed by atoms with E-state index in [9.17, 15) is 4.79 Å². The van der Waals surface area contributed by atoms with Crippen LogP contribution < -0.4 is 16.4 Å². The van der Waals surface area contributed by atoms with Crippen LogP contribution in [0.2, 0.25) is 5.02 Å². The summed E-state index contributed by atoms with van der Waals surface area (Å²) in [6, 6.07) is 23.9. The molecular weight excluding hydrogens is 460 g/mol. The van der Waals surface area contributed by atoms with Gasteiger partial charge in [0, 0.05) is 45.0 Å². The van der Waals surface area contributed by atoms with Crippen molar-refractivity contribution in [2.24, 2.45) is 10.7 Å². The Morgan fingerprint density at radius 3 is 2.57 bits per heavy atom. The number of aliphatic imine (C=N–C) groups is 1. The predicted molar refractivity (Wildman–Crippen MR) is 142 cm³/mol. The Balaban J connectivity index is 1.35. The smallest absolute Gasteiger partial charge is 0.256 e. The van der Waals surface area contributed by atoms with E-state index >= 15 is 0 Å². The van der Waals surface area contributed by atoms with Crippen molar-refractivity contribution in [3.8, 4) is 0 Å². The summed E-state index contributed by atoms with van der Waals surface area (Å²) in [5.41, 5.74) is 12.1. The van der Waals surface area contributed by atoms with E-state index < -0.39 is 0 Å². The van der Waals surface area contributed by atoms with Gasteiger partial charge in [-0.3, -0.25) is 10.2 Å². The van der Waals surface area contributed by atoms with Gasteiger partial charge in [0.25, 0.3) is 5.91 Å². The van der Waals surface area contributed by atoms with Crippen molar-refractivity contribution in [3.63, 3.8) is 0 Å². The minimum Gasteiger partial charge on any atom is -0.383 e. The number of nitrogens with zero attached hydrogens (tertiary/aromatic N) is 1. The number of fused-ring (bicyclic) bond motifs is 1. The largest absolute Gasteiger partial charge is 0.383 e. The van der Waals surface area contributed by atoms with Crippen molar-refractivity contribution < 1.29 is 4.79 Å². The number of aromatic amines is 1. The molecule has 8 heteroatoms. The van der Waals surface area contributed by atoms with Gasteiger partial charge in [0.1, 0.15) is 5.84 Å². The Morgan fingerprint density at radius 1 is 0.971 bits per heavy atom. The molecule has 172 valence electrons. The number of halogens is 1. The van der Waals surface area contributed by atoms with Crippen LogP contribution in [-0.4, -0.2) is 22.6 Å². The van der Waals surface area contributed by atoms with Gasteiger partial charge in [0.2, 0.25) is 0 Å². The van der Waals surface area contributed by atoms with Crippen LogP contribution in [0.25, 0.3) is 11.6 Å². The van der Waals surface area contributed by atoms with Crippen molar-refractivity contribution in [1.82, 2.24) is 4.98 Å². The number of aromatic nitrogens is 1. The van der Waals surface area contributed by atoms with Crippen LogP contribution in [0.4, 0.5) is 17.1 Å². The molecule has 0 unspecified atom stereocenters. The average molecular weight is 481 g/mol. The molecule has 1 aromatic heterocycles. The van der Waals surface area contributed by atoms with Gasteiger partial charge in [0.15, 0.2) is 5.84 Å². The second-order valence-corrected chi connectivity index (χ2v) is 8.40. The monoisotopic (exact) mass is 480 g/mol. The summed E-state index contributed by atoms with van der Waals surface area (Å²) in [6.45, 7) is 0. The number of hydrogen-bond donors (Lipinski definition) is 5. The number of anilines is 3. The lowest BCUT2D eigenvalue weighted by Gasteiger charge is -2.10. The number of nitrogens with two attached hydrogens (primary N) is 1. The van der Waals surface area contributed by atoms with Crippen molar-refractivity contribution in [2.75, 3.05) is 10.6 Å². The number of carbonyl (C=O) groups is 1. The van der Waals surface area contributed by atoms with Gasteiger partial charge in [-0.2, -0.15) is 0 Å². The van der Waals surface area contributed by atoms with E-state index in [4.69, 9.17) is 22.7 Å². The zero-order chi connectivity index (χ0) is 24.4. The van der Waals surface area contributed by atoms with Gasteiger partial charge in [-0.25, -0.2) is 4.99 Å². The number of hydrogen-bond acceptors (Lipinski definition) is 3. The molecule has 0 fully saturated rings. The minimum atomic E-state index is -0.139. The topological polar surface area (TPSA) is 119 Å². The van der Waals surface area contributed by atoms with Gasteiger partial charge < -0.3 is 21.4 Å². The second kappa shape index (κ2) is 9.32. The molecule has 35 heavy (non-hydrogen) atoms. The van der Waals surface area contributed by atoms with Crippen LogP contribution in [-0.2, 0) is 4.79 Å². The predicted octanol–water partition coefficient (Wildman–Crippen LogP) is 5.64. The van der Waals surface area contributed by atoms with Gasteiger partial charge >= 0.3 is 0 Å². The first-order valence-electron chi connectivity index (χ1n) is 10.8. The van der Waals surface area contributed by atoms with Crippen LogP contribution in [0, 0.1) is 5.41 Å². The average Bonchev–Trinajstić information content (AvgIpc) is 3.47. The lowest BCUT2D eigenvalue weighted by molar-refractivity contribution is -0.110. The van der Waals surface area contributed by atoms with Crippen LogP contribution in [0.1, 0.15) is 22.4 Å². The molecule has 0 radical (unpaired) electrons. The summed E-state index contributed by atoms with van der Waals surface area (Å²) in [6.07, 6.45) is 3.65. The van der Waals surface area contributed by atoms with Crippen LogP contribution in [0.15, 0.2) is 90.1 Å². The molecule has 0 spiro atoms. The highest BCUT2D eigenvalue weighted by molar-refractivity contribution is 6.35. The van der Waals surface area contributed by atoms with Gasteiger partial charge in [-0.15, -0.1) is 0 Å². The lowest BCUT2D eigenvalue weighted by atomic mass is 10.1. The summed E-state index contributed by atoms with van der Waals surface area (Å²) in [4.78, 5) is 19.8. The number of H-pyrrole nitrogens is 1. The molecule has 5 rings (SSSR count). The maximum atomic E-state index is 12.5. The maximum absolute atomic E-state index is 12.5. The van der Waals surface area contributed by atoms with E-state index in [0.29, 0.717) is 21.7 Å². The summed E-state index contributed by atoms with van der Waals surface area (Å²) < 4.78 is 0. The third-order valence-electron chi connectivity index (χ3n) is 5.50. The van der Waals surface area contributed by atoms with Crippen molar-refractivity contribution >= 4 is 57.9 Å². The number of carbonyl (C=O) groups excluding carboxylic acids is 1. The molecule has 0 saturated carbocycles. The lowest BCUT2D eigenvalue weighted by Crippen LogP contribution is -2.16. The zero-order valence-corrected chi connectivity index (χ0v) is 19.2. The van der Waals surface area contributed by atoms with Crippen LogP contribution in [0.3, 0.4) is 0 Å². The number of amides is 1. The molecule has 0 saturated heterocycles. The summed E-state index contributed by atoms with van der Waals surface area (Å²) in [5, 5.41) is 15.0. The molecule has 3 aromatic carbocycles. The fraction of sp³-hybridized carbons (Fsp3) is 0. The van der Waals surface area contributed by atoms with E-state index in [1.807, 2.05) is 66.9 Å². The molecule has 4 aromatic rings. The molecule has 1 aliphatic heterocycles. The first-order chi connectivity index (χ1) is 17.0. The van der Waals surface area contributed by atoms with Gasteiger partial charge in [0.05, 0.1) is 11.3 Å². The van der Waals surface area contributed by atoms with E-state index in [1.54, 1.807) is 24.3 Å². The van der Waals surface area contributed by atoms with E-state index in [1.165, 1.54) is 0 Å². The van der Waals surface area contributed by atoms with Crippen molar-refractivity contribution in [2.45, 2.75) is 0 Å². The molecule has 2 heterocycles. The van der Waals surface area contributed by atoms with Gasteiger partial charge in [-0.1, -0.05) is 41.9 Å². The summed E-state index contributed by atoms with van der Waals surface area (Å²) >= 11 is 6.01. The molecule has 1 amide bonds. The third kappa shape index (κ3) is 4.85. The standard InChI is InChI=1S/C27H21ClN6O/c28-18-6-1-4-16(12-18)25(29)34-26(30)17-5-2-7-20(13-17)32-21-9-10-22-23(14-19-8-3-11-31-19)27(35)33-24(22)15-21/h1-15,31-32H,(H,33,35)(H3,29,30,34)/b23-14-. The Morgan fingerprint density at radius 2 is 1.77 bits per heavy atom. The summed E-state index contributed by atoms with van der Waals surface area (Å²) in [5.74, 6) is 0.111. The Kier molecular flexibility index (Phi) is 5.91. The molecule has 0 aliphatic carbocycles. The van der Waals surface area contributed by atoms with E-state index in [2.05, 4.69) is 20.6 Å². The number of amidine groups is 2. The number of rotatable bonds is 5. The maximum Gasteiger partial charge on any atom is 0.256 e. The molecular formula is C27H21ClN6O. The normalized spacial score (nSPS) is 14.0. The second-order valence-electron chi connectivity index (χ2n) is 7.96. The third-order valence-corrected chi connectivity index (χ3v) is 5.74. The number of nitrogens with one attached hydrogen (secondary N) is 4. The molecule has 7 nitrogen and oxygen atoms in total. The van der Waals surface area contributed by atoms with Crippen LogP contribution >= 0.6 is 11.6 Å². The highest BCUT2D eigenvalue weighted by Crippen LogP contribution is 2.35. The quantitative estimate of drug-likeness (QED) is 0.144. The number of benzene rings is 3. The van der Waals surface area contributed by atoms with E-state index in [-0.39, 0.29) is 17.6 Å². The molecule has 0 bridgehead atoms. The Labute approximate surface area is 206 Å². The molecule has 6 N–H and O–H groups in total. The van der Waals surface area contributed by atoms with Gasteiger partial charge in [-0.05, 0) is 54.6 Å². The zero-order valence-electron chi connectivity index (χ0n) is 18.5. The fourth-order valence-corrected chi connectivity index (χ4v) is 4.00. The first-order valence-corrected chi connectivity index (χ1v) is 11.2. The van der Waals surface area contributed by atoms with Crippen molar-refractivity contribution in [3.05, 3.63) is 112 Å². The Bertz CT molecular complexity index is 1500.